The van der Waals surface area contributed by atoms with Crippen LogP contribution >= 0.6 is 11.6 Å². The monoisotopic (exact) mass is 253 g/mol. The zero-order valence-electron chi connectivity index (χ0n) is 10.1. The Bertz CT molecular complexity index is 510. The normalized spacial score (nSPS) is 11.2. The van der Waals surface area contributed by atoms with Gasteiger partial charge in [-0.05, 0) is 19.1 Å². The molecule has 0 spiro atoms. The first-order valence-corrected chi connectivity index (χ1v) is 6.17. The SMILES string of the molecule is COCCn1c(CCCl)nc2ccc(C)nc21. The Hall–Kier alpha value is -1.13. The van der Waals surface area contributed by atoms with Gasteiger partial charge >= 0.3 is 0 Å². The summed E-state index contributed by atoms with van der Waals surface area (Å²) in [6, 6.07) is 3.97. The molecule has 92 valence electrons. The molecule has 2 rings (SSSR count). The molecule has 0 unspecified atom stereocenters. The maximum atomic E-state index is 5.80. The number of fused-ring (bicyclic) bond motifs is 1. The first kappa shape index (κ1) is 12.3. The zero-order chi connectivity index (χ0) is 12.3. The molecule has 2 heterocycles. The van der Waals surface area contributed by atoms with Gasteiger partial charge in [0.15, 0.2) is 5.65 Å². The van der Waals surface area contributed by atoms with Crippen molar-refractivity contribution < 1.29 is 4.74 Å². The van der Waals surface area contributed by atoms with Gasteiger partial charge in [-0.2, -0.15) is 0 Å². The van der Waals surface area contributed by atoms with E-state index in [9.17, 15) is 0 Å². The molecule has 0 aliphatic heterocycles. The number of alkyl halides is 1. The molecular weight excluding hydrogens is 238 g/mol. The molecule has 4 nitrogen and oxygen atoms in total. The topological polar surface area (TPSA) is 39.9 Å². The predicted octanol–water partition coefficient (Wildman–Crippen LogP) is 2.17. The Labute approximate surface area is 106 Å². The summed E-state index contributed by atoms with van der Waals surface area (Å²) in [5.74, 6) is 1.54. The van der Waals surface area contributed by atoms with E-state index in [4.69, 9.17) is 16.3 Å². The summed E-state index contributed by atoms with van der Waals surface area (Å²) in [6.07, 6.45) is 0.751. The predicted molar refractivity (Wildman–Crippen MR) is 68.6 cm³/mol. The average molecular weight is 254 g/mol. The van der Waals surface area contributed by atoms with Crippen molar-refractivity contribution in [2.45, 2.75) is 19.9 Å². The fourth-order valence-corrected chi connectivity index (χ4v) is 2.01. The Morgan fingerprint density at radius 2 is 2.18 bits per heavy atom. The molecular formula is C12H16ClN3O. The van der Waals surface area contributed by atoms with Gasteiger partial charge in [0.2, 0.25) is 0 Å². The second-order valence-corrected chi connectivity index (χ2v) is 4.28. The average Bonchev–Trinajstić information content (AvgIpc) is 2.64. The van der Waals surface area contributed by atoms with Gasteiger partial charge in [0.25, 0.3) is 0 Å². The van der Waals surface area contributed by atoms with Crippen molar-refractivity contribution in [3.8, 4) is 0 Å². The Morgan fingerprint density at radius 3 is 2.88 bits per heavy atom. The number of hydrogen-bond donors (Lipinski definition) is 0. The van der Waals surface area contributed by atoms with E-state index in [1.165, 1.54) is 0 Å². The van der Waals surface area contributed by atoms with Crippen molar-refractivity contribution >= 4 is 22.8 Å². The van der Waals surface area contributed by atoms with Gasteiger partial charge in [0.1, 0.15) is 11.3 Å². The van der Waals surface area contributed by atoms with Gasteiger partial charge in [-0.1, -0.05) is 0 Å². The van der Waals surface area contributed by atoms with E-state index in [0.29, 0.717) is 12.5 Å². The highest BCUT2D eigenvalue weighted by Gasteiger charge is 2.11. The Balaban J connectivity index is 2.47. The highest BCUT2D eigenvalue weighted by molar-refractivity contribution is 6.17. The van der Waals surface area contributed by atoms with Crippen LogP contribution < -0.4 is 0 Å². The minimum Gasteiger partial charge on any atom is -0.383 e. The number of aromatic nitrogens is 3. The molecule has 2 aromatic heterocycles. The minimum absolute atomic E-state index is 0.565. The van der Waals surface area contributed by atoms with Crippen LogP contribution in [0.3, 0.4) is 0 Å². The highest BCUT2D eigenvalue weighted by atomic mass is 35.5. The second kappa shape index (κ2) is 5.47. The lowest BCUT2D eigenvalue weighted by Gasteiger charge is -2.06. The third-order valence-corrected chi connectivity index (χ3v) is 2.84. The van der Waals surface area contributed by atoms with E-state index in [1.54, 1.807) is 7.11 Å². The molecule has 5 heteroatoms. The van der Waals surface area contributed by atoms with Crippen LogP contribution in [0.4, 0.5) is 0 Å². The highest BCUT2D eigenvalue weighted by Crippen LogP contribution is 2.15. The lowest BCUT2D eigenvalue weighted by atomic mass is 10.3. The van der Waals surface area contributed by atoms with E-state index < -0.39 is 0 Å². The summed E-state index contributed by atoms with van der Waals surface area (Å²) in [7, 11) is 1.69. The molecule has 0 aromatic carbocycles. The molecule has 0 saturated heterocycles. The third kappa shape index (κ3) is 2.58. The van der Waals surface area contributed by atoms with Gasteiger partial charge in [0.05, 0.1) is 6.61 Å². The lowest BCUT2D eigenvalue weighted by Crippen LogP contribution is -2.09. The maximum Gasteiger partial charge on any atom is 0.160 e. The van der Waals surface area contributed by atoms with Crippen LogP contribution in [-0.2, 0) is 17.7 Å². The van der Waals surface area contributed by atoms with Crippen LogP contribution in [0, 0.1) is 6.92 Å². The van der Waals surface area contributed by atoms with E-state index in [-0.39, 0.29) is 0 Å². The summed E-state index contributed by atoms with van der Waals surface area (Å²) in [5, 5.41) is 0. The molecule has 0 saturated carbocycles. The van der Waals surface area contributed by atoms with E-state index in [0.717, 1.165) is 35.6 Å². The van der Waals surface area contributed by atoms with Crippen LogP contribution in [0.1, 0.15) is 11.5 Å². The zero-order valence-corrected chi connectivity index (χ0v) is 10.9. The van der Waals surface area contributed by atoms with Crippen molar-refractivity contribution in [2.75, 3.05) is 19.6 Å². The van der Waals surface area contributed by atoms with Crippen LogP contribution in [0.15, 0.2) is 12.1 Å². The first-order valence-electron chi connectivity index (χ1n) is 5.64. The molecule has 2 aromatic rings. The van der Waals surface area contributed by atoms with Gasteiger partial charge in [-0.3, -0.25) is 0 Å². The summed E-state index contributed by atoms with van der Waals surface area (Å²) in [6.45, 7) is 3.39. The number of aryl methyl sites for hydroxylation is 2. The molecule has 0 fully saturated rings. The van der Waals surface area contributed by atoms with E-state index in [1.807, 2.05) is 19.1 Å². The lowest BCUT2D eigenvalue weighted by molar-refractivity contribution is 0.187. The number of nitrogens with zero attached hydrogens (tertiary/aromatic N) is 3. The van der Waals surface area contributed by atoms with Crippen molar-refractivity contribution in [3.05, 3.63) is 23.7 Å². The van der Waals surface area contributed by atoms with Crippen LogP contribution in [-0.4, -0.2) is 34.1 Å². The van der Waals surface area contributed by atoms with Gasteiger partial charge in [-0.25, -0.2) is 9.97 Å². The second-order valence-electron chi connectivity index (χ2n) is 3.91. The standard InChI is InChI=1S/C12H16ClN3O/c1-9-3-4-10-12(14-9)16(7-8-17-2)11(15-10)5-6-13/h3-4H,5-8H2,1-2H3. The quantitative estimate of drug-likeness (QED) is 0.767. The van der Waals surface area contributed by atoms with Gasteiger partial charge < -0.3 is 9.30 Å². The third-order valence-electron chi connectivity index (χ3n) is 2.65. The number of hydrogen-bond acceptors (Lipinski definition) is 3. The van der Waals surface area contributed by atoms with Crippen LogP contribution in [0.25, 0.3) is 11.2 Å². The number of ether oxygens (including phenoxy) is 1. The summed E-state index contributed by atoms with van der Waals surface area (Å²) >= 11 is 5.80. The van der Waals surface area contributed by atoms with Crippen molar-refractivity contribution in [1.29, 1.82) is 0 Å². The van der Waals surface area contributed by atoms with E-state index >= 15 is 0 Å². The molecule has 0 aliphatic rings. The number of pyridine rings is 1. The number of methoxy groups -OCH3 is 1. The first-order chi connectivity index (χ1) is 8.26. The fourth-order valence-electron chi connectivity index (χ4n) is 1.84. The van der Waals surface area contributed by atoms with Gasteiger partial charge in [-0.15, -0.1) is 11.6 Å². The molecule has 0 N–H and O–H groups in total. The molecule has 0 radical (unpaired) electrons. The number of imidazole rings is 1. The van der Waals surface area contributed by atoms with Crippen LogP contribution in [0.5, 0.6) is 0 Å². The Morgan fingerprint density at radius 1 is 1.35 bits per heavy atom. The smallest absolute Gasteiger partial charge is 0.160 e. The fraction of sp³-hybridized carbons (Fsp3) is 0.500. The van der Waals surface area contributed by atoms with Crippen molar-refractivity contribution in [3.63, 3.8) is 0 Å². The molecule has 0 bridgehead atoms. The summed E-state index contributed by atoms with van der Waals surface area (Å²) < 4.78 is 7.21. The van der Waals surface area contributed by atoms with Crippen LogP contribution in [0.2, 0.25) is 0 Å². The molecule has 17 heavy (non-hydrogen) atoms. The largest absolute Gasteiger partial charge is 0.383 e. The Kier molecular flexibility index (Phi) is 3.97. The number of rotatable bonds is 5. The van der Waals surface area contributed by atoms with Crippen molar-refractivity contribution in [1.82, 2.24) is 14.5 Å². The van der Waals surface area contributed by atoms with E-state index in [2.05, 4.69) is 14.5 Å². The maximum absolute atomic E-state index is 5.80. The van der Waals surface area contributed by atoms with Gasteiger partial charge in [0, 0.05) is 31.6 Å². The summed E-state index contributed by atoms with van der Waals surface area (Å²) in [5.41, 5.74) is 2.84. The molecule has 0 atom stereocenters. The molecule has 0 amide bonds. The molecule has 0 aliphatic carbocycles. The number of halogens is 1. The minimum atomic E-state index is 0.565. The van der Waals surface area contributed by atoms with Crippen molar-refractivity contribution in [2.24, 2.45) is 0 Å². The summed E-state index contributed by atoms with van der Waals surface area (Å²) in [4.78, 5) is 9.09.